The number of hydrogen-bond donors (Lipinski definition) is 1. The lowest BCUT2D eigenvalue weighted by Gasteiger charge is -2.34. The molecule has 0 atom stereocenters. The minimum Gasteiger partial charge on any atom is -0.495 e. The van der Waals surface area contributed by atoms with Crippen LogP contribution in [0, 0.1) is 0 Å². The Bertz CT molecular complexity index is 722. The molecule has 3 rings (SSSR count). The van der Waals surface area contributed by atoms with E-state index in [1.165, 1.54) is 0 Å². The first-order valence-electron chi connectivity index (χ1n) is 9.12. The summed E-state index contributed by atoms with van der Waals surface area (Å²) in [5.74, 6) is 1.80. The van der Waals surface area contributed by atoms with Gasteiger partial charge in [-0.2, -0.15) is 0 Å². The lowest BCUT2D eigenvalue weighted by molar-refractivity contribution is 0.144. The van der Waals surface area contributed by atoms with E-state index >= 15 is 0 Å². The van der Waals surface area contributed by atoms with E-state index < -0.39 is 0 Å². The van der Waals surface area contributed by atoms with E-state index in [2.05, 4.69) is 26.7 Å². The number of carbonyl (C=O) groups excluding carboxylic acids is 1. The Labute approximate surface area is 154 Å². The van der Waals surface area contributed by atoms with Crippen LogP contribution in [0.1, 0.15) is 12.7 Å². The van der Waals surface area contributed by atoms with Crippen LogP contribution in [-0.2, 0) is 13.0 Å². The molecule has 2 amide bonds. The molecule has 7 nitrogen and oxygen atoms in total. The van der Waals surface area contributed by atoms with Gasteiger partial charge in [0, 0.05) is 58.1 Å². The number of para-hydroxylation sites is 2. The normalized spacial score (nSPS) is 15.1. The van der Waals surface area contributed by atoms with Crippen molar-refractivity contribution in [1.29, 1.82) is 0 Å². The molecule has 0 unspecified atom stereocenters. The van der Waals surface area contributed by atoms with Crippen molar-refractivity contribution in [3.8, 4) is 5.75 Å². The van der Waals surface area contributed by atoms with Crippen LogP contribution in [0.25, 0.3) is 0 Å². The first-order valence-corrected chi connectivity index (χ1v) is 9.12. The predicted molar refractivity (Wildman–Crippen MR) is 102 cm³/mol. The predicted octanol–water partition coefficient (Wildman–Crippen LogP) is 2.30. The number of piperazine rings is 1. The smallest absolute Gasteiger partial charge is 0.322 e. The number of nitrogens with zero attached hydrogens (tertiary/aromatic N) is 4. The quantitative estimate of drug-likeness (QED) is 0.862. The molecule has 140 valence electrons. The molecule has 1 aromatic carbocycles. The number of anilines is 1. The van der Waals surface area contributed by atoms with Gasteiger partial charge in [0.1, 0.15) is 11.6 Å². The highest BCUT2D eigenvalue weighted by molar-refractivity contribution is 5.91. The Morgan fingerprint density at radius 3 is 2.69 bits per heavy atom. The zero-order chi connectivity index (χ0) is 18.4. The molecule has 0 saturated carbocycles. The zero-order valence-electron chi connectivity index (χ0n) is 15.5. The molecular formula is C19H27N5O2. The van der Waals surface area contributed by atoms with Gasteiger partial charge in [-0.15, -0.1) is 0 Å². The van der Waals surface area contributed by atoms with Crippen LogP contribution >= 0.6 is 0 Å². The van der Waals surface area contributed by atoms with Crippen LogP contribution in [-0.4, -0.2) is 65.2 Å². The largest absolute Gasteiger partial charge is 0.495 e. The summed E-state index contributed by atoms with van der Waals surface area (Å²) in [6.45, 7) is 7.27. The maximum absolute atomic E-state index is 12.5. The molecule has 0 aliphatic carbocycles. The van der Waals surface area contributed by atoms with Gasteiger partial charge in [-0.1, -0.05) is 19.1 Å². The van der Waals surface area contributed by atoms with Gasteiger partial charge in [-0.3, -0.25) is 4.90 Å². The number of benzene rings is 1. The van der Waals surface area contributed by atoms with Crippen LogP contribution < -0.4 is 10.1 Å². The van der Waals surface area contributed by atoms with Crippen molar-refractivity contribution in [2.75, 3.05) is 45.2 Å². The van der Waals surface area contributed by atoms with Crippen molar-refractivity contribution in [2.24, 2.45) is 0 Å². The van der Waals surface area contributed by atoms with E-state index in [-0.39, 0.29) is 6.03 Å². The van der Waals surface area contributed by atoms with Gasteiger partial charge in [0.25, 0.3) is 0 Å². The second-order valence-corrected chi connectivity index (χ2v) is 6.35. The molecule has 26 heavy (non-hydrogen) atoms. The van der Waals surface area contributed by atoms with E-state index in [0.29, 0.717) is 11.4 Å². The number of methoxy groups -OCH3 is 1. The summed E-state index contributed by atoms with van der Waals surface area (Å²) >= 11 is 0. The fourth-order valence-electron chi connectivity index (χ4n) is 3.22. The lowest BCUT2D eigenvalue weighted by Crippen LogP contribution is -2.50. The summed E-state index contributed by atoms with van der Waals surface area (Å²) in [5.41, 5.74) is 0.703. The summed E-state index contributed by atoms with van der Waals surface area (Å²) in [6.07, 6.45) is 4.85. The third-order valence-electron chi connectivity index (χ3n) is 4.78. The number of aromatic nitrogens is 2. The number of nitrogens with one attached hydrogen (secondary N) is 1. The first-order chi connectivity index (χ1) is 12.7. The average Bonchev–Trinajstić information content (AvgIpc) is 3.14. The van der Waals surface area contributed by atoms with Gasteiger partial charge >= 0.3 is 6.03 Å². The standard InChI is InChI=1S/C19H27N5O2/c1-3-18-20-8-9-23(18)13-10-22-11-14-24(15-12-22)19(25)21-16-6-4-5-7-17(16)26-2/h4-9H,3,10-15H2,1-2H3,(H,21,25). The molecule has 1 saturated heterocycles. The summed E-state index contributed by atoms with van der Waals surface area (Å²) in [6, 6.07) is 7.39. The third kappa shape index (κ3) is 4.35. The molecular weight excluding hydrogens is 330 g/mol. The summed E-state index contributed by atoms with van der Waals surface area (Å²) in [5, 5.41) is 2.95. The van der Waals surface area contributed by atoms with Crippen LogP contribution in [0.3, 0.4) is 0 Å². The van der Waals surface area contributed by atoms with Gasteiger partial charge < -0.3 is 19.5 Å². The number of hydrogen-bond acceptors (Lipinski definition) is 4. The number of urea groups is 1. The van der Waals surface area contributed by atoms with E-state index in [9.17, 15) is 4.79 Å². The monoisotopic (exact) mass is 357 g/mol. The number of amides is 2. The molecule has 0 radical (unpaired) electrons. The Balaban J connectivity index is 1.46. The van der Waals surface area contributed by atoms with Crippen molar-refractivity contribution in [3.63, 3.8) is 0 Å². The minimum atomic E-state index is -0.0722. The van der Waals surface area contributed by atoms with E-state index in [1.807, 2.05) is 41.6 Å². The number of carbonyl (C=O) groups is 1. The van der Waals surface area contributed by atoms with Crippen molar-refractivity contribution in [2.45, 2.75) is 19.9 Å². The highest BCUT2D eigenvalue weighted by Gasteiger charge is 2.21. The van der Waals surface area contributed by atoms with Gasteiger partial charge in [-0.05, 0) is 12.1 Å². The second-order valence-electron chi connectivity index (χ2n) is 6.35. The summed E-state index contributed by atoms with van der Waals surface area (Å²) < 4.78 is 7.50. The third-order valence-corrected chi connectivity index (χ3v) is 4.78. The van der Waals surface area contributed by atoms with Crippen molar-refractivity contribution >= 4 is 11.7 Å². The van der Waals surface area contributed by atoms with Crippen LogP contribution in [0.15, 0.2) is 36.7 Å². The molecule has 7 heteroatoms. The van der Waals surface area contributed by atoms with Gasteiger partial charge in [-0.25, -0.2) is 9.78 Å². The molecule has 1 aliphatic heterocycles. The number of aryl methyl sites for hydroxylation is 1. The topological polar surface area (TPSA) is 62.6 Å². The molecule has 1 aromatic heterocycles. The Hall–Kier alpha value is -2.54. The van der Waals surface area contributed by atoms with Gasteiger partial charge in [0.2, 0.25) is 0 Å². The van der Waals surface area contributed by atoms with Crippen LogP contribution in [0.4, 0.5) is 10.5 Å². The Morgan fingerprint density at radius 2 is 1.96 bits per heavy atom. The number of rotatable bonds is 6. The SMILES string of the molecule is CCc1nccn1CCN1CCN(C(=O)Nc2ccccc2OC)CC1. The van der Waals surface area contributed by atoms with E-state index in [4.69, 9.17) is 4.74 Å². The minimum absolute atomic E-state index is 0.0722. The van der Waals surface area contributed by atoms with E-state index in [0.717, 1.165) is 51.5 Å². The van der Waals surface area contributed by atoms with Crippen LogP contribution in [0.5, 0.6) is 5.75 Å². The fourth-order valence-corrected chi connectivity index (χ4v) is 3.22. The van der Waals surface area contributed by atoms with Crippen LogP contribution in [0.2, 0.25) is 0 Å². The van der Waals surface area contributed by atoms with Gasteiger partial charge in [0.15, 0.2) is 0 Å². The highest BCUT2D eigenvalue weighted by Crippen LogP contribution is 2.23. The molecule has 1 aliphatic rings. The van der Waals surface area contributed by atoms with Crippen molar-refractivity contribution in [1.82, 2.24) is 19.4 Å². The molecule has 2 heterocycles. The fraction of sp³-hybridized carbons (Fsp3) is 0.474. The van der Waals surface area contributed by atoms with Crippen molar-refractivity contribution < 1.29 is 9.53 Å². The highest BCUT2D eigenvalue weighted by atomic mass is 16.5. The number of imidazole rings is 1. The molecule has 0 bridgehead atoms. The maximum atomic E-state index is 12.5. The molecule has 0 spiro atoms. The lowest BCUT2D eigenvalue weighted by atomic mass is 10.3. The molecule has 1 N–H and O–H groups in total. The Kier molecular flexibility index (Phi) is 6.12. The molecule has 2 aromatic rings. The Morgan fingerprint density at radius 1 is 1.19 bits per heavy atom. The zero-order valence-corrected chi connectivity index (χ0v) is 15.5. The van der Waals surface area contributed by atoms with Crippen molar-refractivity contribution in [3.05, 3.63) is 42.5 Å². The summed E-state index contributed by atoms with van der Waals surface area (Å²) in [7, 11) is 1.61. The first kappa shape index (κ1) is 18.3. The average molecular weight is 357 g/mol. The number of ether oxygens (including phenoxy) is 1. The summed E-state index contributed by atoms with van der Waals surface area (Å²) in [4.78, 5) is 21.1. The van der Waals surface area contributed by atoms with Gasteiger partial charge in [0.05, 0.1) is 12.8 Å². The second kappa shape index (κ2) is 8.71. The maximum Gasteiger partial charge on any atom is 0.322 e. The molecule has 1 fully saturated rings. The van der Waals surface area contributed by atoms with E-state index in [1.54, 1.807) is 7.11 Å².